The Labute approximate surface area is 121 Å². The lowest BCUT2D eigenvalue weighted by Crippen LogP contribution is -2.05. The lowest BCUT2D eigenvalue weighted by atomic mass is 10.2. The Morgan fingerprint density at radius 1 is 1.16 bits per heavy atom. The van der Waals surface area contributed by atoms with Crippen molar-refractivity contribution in [3.05, 3.63) is 57.8 Å². The summed E-state index contributed by atoms with van der Waals surface area (Å²) < 4.78 is 19.0. The van der Waals surface area contributed by atoms with Gasteiger partial charge in [0.25, 0.3) is 0 Å². The zero-order valence-electron chi connectivity index (χ0n) is 10.2. The van der Waals surface area contributed by atoms with Crippen molar-refractivity contribution in [2.75, 3.05) is 7.05 Å². The number of benzene rings is 2. The van der Waals surface area contributed by atoms with Gasteiger partial charge >= 0.3 is 0 Å². The molecule has 5 heteroatoms. The fourth-order valence-corrected chi connectivity index (χ4v) is 2.12. The van der Waals surface area contributed by atoms with Gasteiger partial charge in [0.1, 0.15) is 17.3 Å². The molecule has 2 aromatic rings. The lowest BCUT2D eigenvalue weighted by molar-refractivity contribution is 0.475. The molecule has 0 radical (unpaired) electrons. The standard InChI is InChI=1S/C14H12Cl2FNO/c1-18-8-9-4-11(17)7-12(5-9)19-14-3-2-10(15)6-13(14)16/h2-7,18H,8H2,1H3. The van der Waals surface area contributed by atoms with Crippen LogP contribution < -0.4 is 10.1 Å². The summed E-state index contributed by atoms with van der Waals surface area (Å²) in [6.07, 6.45) is 0. The van der Waals surface area contributed by atoms with E-state index in [0.717, 1.165) is 5.56 Å². The van der Waals surface area contributed by atoms with Crippen molar-refractivity contribution >= 4 is 23.2 Å². The second-order valence-corrected chi connectivity index (χ2v) is 4.85. The van der Waals surface area contributed by atoms with Gasteiger partial charge in [-0.2, -0.15) is 0 Å². The molecular weight excluding hydrogens is 288 g/mol. The fourth-order valence-electron chi connectivity index (χ4n) is 1.67. The summed E-state index contributed by atoms with van der Waals surface area (Å²) in [5.41, 5.74) is 0.794. The van der Waals surface area contributed by atoms with Crippen molar-refractivity contribution in [1.29, 1.82) is 0 Å². The topological polar surface area (TPSA) is 21.3 Å². The largest absolute Gasteiger partial charge is 0.456 e. The van der Waals surface area contributed by atoms with Crippen molar-refractivity contribution in [3.63, 3.8) is 0 Å². The number of rotatable bonds is 4. The van der Waals surface area contributed by atoms with Gasteiger partial charge < -0.3 is 10.1 Å². The smallest absolute Gasteiger partial charge is 0.146 e. The van der Waals surface area contributed by atoms with Crippen LogP contribution in [0.3, 0.4) is 0 Å². The first-order valence-electron chi connectivity index (χ1n) is 5.65. The van der Waals surface area contributed by atoms with E-state index in [1.165, 1.54) is 12.1 Å². The molecule has 0 saturated heterocycles. The zero-order valence-corrected chi connectivity index (χ0v) is 11.7. The molecule has 0 heterocycles. The van der Waals surface area contributed by atoms with Gasteiger partial charge in [-0.3, -0.25) is 0 Å². The Bertz CT molecular complexity index is 590. The van der Waals surface area contributed by atoms with E-state index in [0.29, 0.717) is 28.1 Å². The number of hydrogen-bond donors (Lipinski definition) is 1. The number of halogens is 3. The van der Waals surface area contributed by atoms with Crippen LogP contribution in [0.1, 0.15) is 5.56 Å². The summed E-state index contributed by atoms with van der Waals surface area (Å²) in [6, 6.07) is 9.40. The van der Waals surface area contributed by atoms with Gasteiger partial charge in [0.15, 0.2) is 0 Å². The highest BCUT2D eigenvalue weighted by molar-refractivity contribution is 6.35. The van der Waals surface area contributed by atoms with Gasteiger partial charge in [-0.15, -0.1) is 0 Å². The van der Waals surface area contributed by atoms with Crippen LogP contribution in [0.5, 0.6) is 11.5 Å². The molecule has 1 N–H and O–H groups in total. The number of nitrogens with one attached hydrogen (secondary N) is 1. The van der Waals surface area contributed by atoms with Crippen LogP contribution in [0.2, 0.25) is 10.0 Å². The van der Waals surface area contributed by atoms with E-state index in [1.54, 1.807) is 31.3 Å². The van der Waals surface area contributed by atoms with Crippen LogP contribution in [0, 0.1) is 5.82 Å². The van der Waals surface area contributed by atoms with Crippen LogP contribution in [0.4, 0.5) is 4.39 Å². The molecule has 0 aromatic heterocycles. The van der Waals surface area contributed by atoms with Gasteiger partial charge in [-0.1, -0.05) is 23.2 Å². The summed E-state index contributed by atoms with van der Waals surface area (Å²) in [7, 11) is 1.79. The Kier molecular flexibility index (Phi) is 4.64. The highest BCUT2D eigenvalue weighted by Crippen LogP contribution is 2.32. The van der Waals surface area contributed by atoms with Crippen LogP contribution in [0.25, 0.3) is 0 Å². The molecule has 2 aromatic carbocycles. The molecule has 2 nitrogen and oxygen atoms in total. The number of ether oxygens (including phenoxy) is 1. The molecule has 0 aliphatic rings. The van der Waals surface area contributed by atoms with Crippen LogP contribution in [-0.4, -0.2) is 7.05 Å². The number of hydrogen-bond acceptors (Lipinski definition) is 2. The molecule has 0 aliphatic carbocycles. The summed E-state index contributed by atoms with van der Waals surface area (Å²) >= 11 is 11.8. The molecular formula is C14H12Cl2FNO. The Morgan fingerprint density at radius 2 is 1.95 bits per heavy atom. The van der Waals surface area contributed by atoms with E-state index in [9.17, 15) is 4.39 Å². The first kappa shape index (κ1) is 14.1. The van der Waals surface area contributed by atoms with Crippen molar-refractivity contribution < 1.29 is 9.13 Å². The maximum absolute atomic E-state index is 13.5. The van der Waals surface area contributed by atoms with E-state index in [-0.39, 0.29) is 5.82 Å². The second-order valence-electron chi connectivity index (χ2n) is 4.00. The van der Waals surface area contributed by atoms with Crippen LogP contribution in [0.15, 0.2) is 36.4 Å². The van der Waals surface area contributed by atoms with E-state index in [1.807, 2.05) is 0 Å². The minimum Gasteiger partial charge on any atom is -0.456 e. The van der Waals surface area contributed by atoms with Crippen molar-refractivity contribution in [1.82, 2.24) is 5.32 Å². The molecule has 0 aliphatic heterocycles. The molecule has 100 valence electrons. The molecule has 0 spiro atoms. The molecule has 0 bridgehead atoms. The third kappa shape index (κ3) is 3.83. The lowest BCUT2D eigenvalue weighted by Gasteiger charge is -2.10. The van der Waals surface area contributed by atoms with Crippen molar-refractivity contribution in [3.8, 4) is 11.5 Å². The molecule has 0 saturated carbocycles. The predicted molar refractivity (Wildman–Crippen MR) is 75.7 cm³/mol. The minimum atomic E-state index is -0.354. The van der Waals surface area contributed by atoms with E-state index in [4.69, 9.17) is 27.9 Å². The van der Waals surface area contributed by atoms with Gasteiger partial charge in [-0.25, -0.2) is 4.39 Å². The third-order valence-corrected chi connectivity index (χ3v) is 2.96. The Hall–Kier alpha value is -1.29. The Balaban J connectivity index is 2.27. The summed E-state index contributed by atoms with van der Waals surface area (Å²) in [4.78, 5) is 0. The molecule has 0 atom stereocenters. The quantitative estimate of drug-likeness (QED) is 0.888. The normalized spacial score (nSPS) is 10.5. The van der Waals surface area contributed by atoms with E-state index >= 15 is 0 Å². The first-order chi connectivity index (χ1) is 9.08. The molecule has 2 rings (SSSR count). The van der Waals surface area contributed by atoms with Gasteiger partial charge in [0.05, 0.1) is 5.02 Å². The average Bonchev–Trinajstić information content (AvgIpc) is 2.32. The summed E-state index contributed by atoms with van der Waals surface area (Å²) in [6.45, 7) is 0.558. The minimum absolute atomic E-state index is 0.354. The summed E-state index contributed by atoms with van der Waals surface area (Å²) in [5, 5.41) is 3.86. The monoisotopic (exact) mass is 299 g/mol. The second kappa shape index (κ2) is 6.24. The third-order valence-electron chi connectivity index (χ3n) is 2.43. The zero-order chi connectivity index (χ0) is 13.8. The first-order valence-corrected chi connectivity index (χ1v) is 6.41. The van der Waals surface area contributed by atoms with E-state index < -0.39 is 0 Å². The molecule has 0 amide bonds. The average molecular weight is 300 g/mol. The van der Waals surface area contributed by atoms with Gasteiger partial charge in [-0.05, 0) is 42.9 Å². The molecule has 0 fully saturated rings. The van der Waals surface area contributed by atoms with Crippen molar-refractivity contribution in [2.45, 2.75) is 6.54 Å². The van der Waals surface area contributed by atoms with Crippen LogP contribution >= 0.6 is 23.2 Å². The van der Waals surface area contributed by atoms with E-state index in [2.05, 4.69) is 5.32 Å². The molecule has 0 unspecified atom stereocenters. The van der Waals surface area contributed by atoms with Gasteiger partial charge in [0, 0.05) is 17.6 Å². The fraction of sp³-hybridized carbons (Fsp3) is 0.143. The van der Waals surface area contributed by atoms with Crippen LogP contribution in [-0.2, 0) is 6.54 Å². The SMILES string of the molecule is CNCc1cc(F)cc(Oc2ccc(Cl)cc2Cl)c1. The predicted octanol–water partition coefficient (Wildman–Crippen LogP) is 4.64. The van der Waals surface area contributed by atoms with Gasteiger partial charge in [0.2, 0.25) is 0 Å². The Morgan fingerprint density at radius 3 is 2.63 bits per heavy atom. The highest BCUT2D eigenvalue weighted by Gasteiger charge is 2.06. The summed E-state index contributed by atoms with van der Waals surface area (Å²) in [5.74, 6) is 0.481. The maximum atomic E-state index is 13.5. The van der Waals surface area contributed by atoms with Crippen molar-refractivity contribution in [2.24, 2.45) is 0 Å². The highest BCUT2D eigenvalue weighted by atomic mass is 35.5. The molecule has 19 heavy (non-hydrogen) atoms. The maximum Gasteiger partial charge on any atom is 0.146 e.